The first-order chi connectivity index (χ1) is 14.7. The van der Waals surface area contributed by atoms with Crippen LogP contribution in [0, 0.1) is 0 Å². The normalized spacial score (nSPS) is 11.6. The van der Waals surface area contributed by atoms with E-state index in [1.807, 2.05) is 0 Å². The third-order valence-electron chi connectivity index (χ3n) is 4.41. The summed E-state index contributed by atoms with van der Waals surface area (Å²) in [5.74, 6) is -1.17. The molecule has 0 fully saturated rings. The number of hydrogen-bond acceptors (Lipinski definition) is 5. The maximum Gasteiger partial charge on any atom is 0.435 e. The Balaban J connectivity index is 2.04. The van der Waals surface area contributed by atoms with Crippen LogP contribution in [0.25, 0.3) is 28.5 Å². The van der Waals surface area contributed by atoms with Gasteiger partial charge in [0, 0.05) is 36.2 Å². The summed E-state index contributed by atoms with van der Waals surface area (Å²) >= 11 is 6.05. The van der Waals surface area contributed by atoms with Crippen molar-refractivity contribution >= 4 is 17.5 Å². The number of nitrogens with zero attached hydrogens (tertiary/aromatic N) is 6. The highest BCUT2D eigenvalue weighted by Crippen LogP contribution is 2.40. The third-order valence-corrected chi connectivity index (χ3v) is 4.64. The zero-order valence-corrected chi connectivity index (χ0v) is 16.6. The minimum Gasteiger partial charge on any atom is -0.363 e. The first-order valence-electron chi connectivity index (χ1n) is 8.74. The maximum atomic E-state index is 13.9. The number of hydrogen-bond donors (Lipinski definition) is 1. The van der Waals surface area contributed by atoms with Gasteiger partial charge in [-0.1, -0.05) is 23.7 Å². The van der Waals surface area contributed by atoms with Gasteiger partial charge >= 0.3 is 6.18 Å². The minimum atomic E-state index is -4.81. The lowest BCUT2D eigenvalue weighted by molar-refractivity contribution is -0.140. The number of benzene rings is 1. The molecule has 0 aliphatic rings. The molecule has 0 spiro atoms. The van der Waals surface area contributed by atoms with Crippen molar-refractivity contribution in [1.29, 1.82) is 0 Å². The van der Waals surface area contributed by atoms with Gasteiger partial charge in [-0.2, -0.15) is 18.3 Å². The molecule has 0 unspecified atom stereocenters. The second-order valence-electron chi connectivity index (χ2n) is 6.45. The first kappa shape index (κ1) is 20.5. The van der Waals surface area contributed by atoms with E-state index >= 15 is 0 Å². The molecule has 0 atom stereocenters. The molecule has 8 nitrogen and oxygen atoms in total. The van der Waals surface area contributed by atoms with E-state index in [1.54, 1.807) is 18.2 Å². The summed E-state index contributed by atoms with van der Waals surface area (Å²) in [6.07, 6.45) is -0.917. The fraction of sp³-hybridized carbons (Fsp3) is 0.105. The number of amides is 1. The third kappa shape index (κ3) is 3.75. The number of imidazole rings is 1. The highest BCUT2D eigenvalue weighted by Gasteiger charge is 2.40. The highest BCUT2D eigenvalue weighted by atomic mass is 35.5. The van der Waals surface area contributed by atoms with Crippen molar-refractivity contribution < 1.29 is 18.0 Å². The summed E-state index contributed by atoms with van der Waals surface area (Å²) in [5, 5.41) is 4.01. The second kappa shape index (κ2) is 7.51. The van der Waals surface area contributed by atoms with Gasteiger partial charge in [0.15, 0.2) is 11.5 Å². The summed E-state index contributed by atoms with van der Waals surface area (Å²) in [6, 6.07) is 7.88. The predicted molar refractivity (Wildman–Crippen MR) is 105 cm³/mol. The first-order valence-corrected chi connectivity index (χ1v) is 9.11. The molecule has 0 bridgehead atoms. The Morgan fingerprint density at radius 1 is 1.16 bits per heavy atom. The topological polar surface area (TPSA) is 105 Å². The van der Waals surface area contributed by atoms with Gasteiger partial charge in [-0.25, -0.2) is 19.6 Å². The van der Waals surface area contributed by atoms with Gasteiger partial charge in [-0.05, 0) is 18.2 Å². The summed E-state index contributed by atoms with van der Waals surface area (Å²) < 4.78 is 43.8. The number of halogens is 4. The molecule has 1 aromatic carbocycles. The molecule has 3 heterocycles. The van der Waals surface area contributed by atoms with Crippen molar-refractivity contribution in [3.63, 3.8) is 0 Å². The summed E-state index contributed by atoms with van der Waals surface area (Å²) in [4.78, 5) is 23.9. The zero-order valence-electron chi connectivity index (χ0n) is 15.8. The fourth-order valence-electron chi connectivity index (χ4n) is 3.13. The molecule has 2 N–H and O–H groups in total. The van der Waals surface area contributed by atoms with E-state index in [1.165, 1.54) is 36.1 Å². The summed E-state index contributed by atoms with van der Waals surface area (Å²) in [7, 11) is 1.40. The van der Waals surface area contributed by atoms with Crippen molar-refractivity contribution in [2.45, 2.75) is 6.18 Å². The molecule has 4 aromatic rings. The van der Waals surface area contributed by atoms with E-state index in [2.05, 4.69) is 20.1 Å². The van der Waals surface area contributed by atoms with E-state index in [4.69, 9.17) is 17.3 Å². The molecule has 0 aliphatic heterocycles. The van der Waals surface area contributed by atoms with E-state index in [9.17, 15) is 18.0 Å². The van der Waals surface area contributed by atoms with E-state index in [0.717, 1.165) is 10.9 Å². The van der Waals surface area contributed by atoms with Gasteiger partial charge in [0.25, 0.3) is 5.91 Å². The molecule has 158 valence electrons. The van der Waals surface area contributed by atoms with Crippen molar-refractivity contribution in [3.05, 3.63) is 65.5 Å². The van der Waals surface area contributed by atoms with Gasteiger partial charge in [-0.3, -0.25) is 4.79 Å². The maximum absolute atomic E-state index is 13.9. The number of rotatable bonds is 4. The van der Waals surface area contributed by atoms with Crippen LogP contribution in [-0.2, 0) is 13.2 Å². The number of carbonyl (C=O) groups is 1. The van der Waals surface area contributed by atoms with Crippen LogP contribution in [0.3, 0.4) is 0 Å². The molecule has 31 heavy (non-hydrogen) atoms. The van der Waals surface area contributed by atoms with Crippen LogP contribution < -0.4 is 5.73 Å². The van der Waals surface area contributed by atoms with Crippen LogP contribution >= 0.6 is 11.6 Å². The Kier molecular flexibility index (Phi) is 4.97. The van der Waals surface area contributed by atoms with E-state index in [-0.39, 0.29) is 28.7 Å². The molecular weight excluding hydrogens is 435 g/mol. The van der Waals surface area contributed by atoms with E-state index in [0.29, 0.717) is 10.6 Å². The molecule has 1 amide bonds. The average Bonchev–Trinajstić information content (AvgIpc) is 3.30. The van der Waals surface area contributed by atoms with Crippen LogP contribution in [0.4, 0.5) is 13.2 Å². The lowest BCUT2D eigenvalue weighted by Gasteiger charge is -2.09. The standard InChI is InChI=1S/C19H13ClF3N7O/c1-29-14(13(27-17(29)16(24)31)10-4-2-5-11(20)8-10)12-9-30(18-25-6-3-7-26-18)28-15(12)19(21,22)23/h2-9H,1H3,(H2,24,31). The van der Waals surface area contributed by atoms with Crippen LogP contribution in [-0.4, -0.2) is 35.2 Å². The Morgan fingerprint density at radius 2 is 1.87 bits per heavy atom. The lowest BCUT2D eigenvalue weighted by atomic mass is 10.0. The van der Waals surface area contributed by atoms with Gasteiger partial charge in [0.2, 0.25) is 5.95 Å². The quantitative estimate of drug-likeness (QED) is 0.515. The predicted octanol–water partition coefficient (Wildman–Crippen LogP) is 3.50. The number of nitrogens with two attached hydrogens (primary N) is 1. The Bertz CT molecular complexity index is 1280. The Labute approximate surface area is 178 Å². The second-order valence-corrected chi connectivity index (χ2v) is 6.89. The van der Waals surface area contributed by atoms with E-state index < -0.39 is 17.8 Å². The Morgan fingerprint density at radius 3 is 2.48 bits per heavy atom. The molecule has 0 aliphatic carbocycles. The molecule has 0 saturated carbocycles. The highest BCUT2D eigenvalue weighted by molar-refractivity contribution is 6.30. The smallest absolute Gasteiger partial charge is 0.363 e. The number of aromatic nitrogens is 6. The van der Waals surface area contributed by atoms with Crippen molar-refractivity contribution in [2.24, 2.45) is 12.8 Å². The van der Waals surface area contributed by atoms with Gasteiger partial charge in [-0.15, -0.1) is 0 Å². The van der Waals surface area contributed by atoms with Crippen LogP contribution in [0.1, 0.15) is 16.3 Å². The zero-order chi connectivity index (χ0) is 22.3. The number of carbonyl (C=O) groups excluding carboxylic acids is 1. The number of primary amides is 1. The molecular formula is C19H13ClF3N7O. The van der Waals surface area contributed by atoms with Crippen molar-refractivity contribution in [1.82, 2.24) is 29.3 Å². The number of alkyl halides is 3. The largest absolute Gasteiger partial charge is 0.435 e. The molecule has 3 aromatic heterocycles. The van der Waals surface area contributed by atoms with Crippen molar-refractivity contribution in [3.8, 4) is 28.5 Å². The summed E-state index contributed by atoms with van der Waals surface area (Å²) in [5.41, 5.74) is 4.37. The minimum absolute atomic E-state index is 0.00873. The fourth-order valence-corrected chi connectivity index (χ4v) is 3.32. The SMILES string of the molecule is Cn1c(C(N)=O)nc(-c2cccc(Cl)c2)c1-c1cn(-c2ncccn2)nc1C(F)(F)F. The van der Waals surface area contributed by atoms with Gasteiger partial charge < -0.3 is 10.3 Å². The average molecular weight is 448 g/mol. The molecule has 0 radical (unpaired) electrons. The molecule has 0 saturated heterocycles. The van der Waals surface area contributed by atoms with Crippen molar-refractivity contribution in [2.75, 3.05) is 0 Å². The monoisotopic (exact) mass is 447 g/mol. The van der Waals surface area contributed by atoms with Crippen LogP contribution in [0.5, 0.6) is 0 Å². The summed E-state index contributed by atoms with van der Waals surface area (Å²) in [6.45, 7) is 0. The molecule has 4 rings (SSSR count). The van der Waals surface area contributed by atoms with Crippen LogP contribution in [0.15, 0.2) is 48.9 Å². The van der Waals surface area contributed by atoms with Crippen LogP contribution in [0.2, 0.25) is 5.02 Å². The lowest BCUT2D eigenvalue weighted by Crippen LogP contribution is -2.17. The van der Waals surface area contributed by atoms with Gasteiger partial charge in [0.1, 0.15) is 0 Å². The molecule has 12 heteroatoms. The van der Waals surface area contributed by atoms with Gasteiger partial charge in [0.05, 0.1) is 17.0 Å². The Hall–Kier alpha value is -3.73.